The van der Waals surface area contributed by atoms with Gasteiger partial charge in [0.2, 0.25) is 11.8 Å². The minimum absolute atomic E-state index is 0.00476. The van der Waals surface area contributed by atoms with Crippen LogP contribution in [0.2, 0.25) is 0 Å². The summed E-state index contributed by atoms with van der Waals surface area (Å²) in [6.07, 6.45) is -4.62. The van der Waals surface area contributed by atoms with Gasteiger partial charge in [0, 0.05) is 32.1 Å². The van der Waals surface area contributed by atoms with E-state index in [1.165, 1.54) is 17.0 Å². The molecule has 7 N–H and O–H groups in total. The minimum Gasteiger partial charge on any atom is -0.534 e. The lowest BCUT2D eigenvalue weighted by atomic mass is 9.72. The lowest BCUT2D eigenvalue weighted by Crippen LogP contribution is -2.63. The van der Waals surface area contributed by atoms with E-state index in [4.69, 9.17) is 20.3 Å². The van der Waals surface area contributed by atoms with Crippen LogP contribution in [0.1, 0.15) is 29.3 Å². The highest BCUT2D eigenvalue weighted by Crippen LogP contribution is 2.30. The van der Waals surface area contributed by atoms with Gasteiger partial charge in [-0.05, 0) is 37.9 Å². The van der Waals surface area contributed by atoms with E-state index in [-0.39, 0.29) is 43.9 Å². The fourth-order valence-corrected chi connectivity index (χ4v) is 5.27. The first kappa shape index (κ1) is 36.6. The first-order chi connectivity index (χ1) is 21.9. The summed E-state index contributed by atoms with van der Waals surface area (Å²) in [6.45, 7) is 2.77. The van der Waals surface area contributed by atoms with Crippen LogP contribution in [-0.2, 0) is 30.4 Å². The van der Waals surface area contributed by atoms with E-state index >= 15 is 0 Å². The fraction of sp³-hybridized carbons (Fsp3) is 0.500. The van der Waals surface area contributed by atoms with Crippen molar-refractivity contribution in [2.24, 2.45) is 11.7 Å². The van der Waals surface area contributed by atoms with E-state index in [0.717, 1.165) is 4.90 Å². The molecule has 3 heterocycles. The van der Waals surface area contributed by atoms with Gasteiger partial charge in [0.15, 0.2) is 0 Å². The monoisotopic (exact) mass is 672 g/mol. The quantitative estimate of drug-likeness (QED) is 0.130. The van der Waals surface area contributed by atoms with Crippen molar-refractivity contribution in [2.45, 2.75) is 37.9 Å². The maximum absolute atomic E-state index is 13.5. The number of urea groups is 1. The molecule has 17 nitrogen and oxygen atoms in total. The number of aromatic carboxylic acids is 1. The Morgan fingerprint density at radius 2 is 1.77 bits per heavy atom. The Kier molecular flexibility index (Phi) is 11.8. The topological polar surface area (TPSA) is 249 Å². The van der Waals surface area contributed by atoms with Crippen LogP contribution in [0.4, 0.5) is 18.0 Å². The second-order valence-electron chi connectivity index (χ2n) is 10.7. The number of fused-ring (bicyclic) bond motifs is 1. The number of benzene rings is 1. The van der Waals surface area contributed by atoms with Crippen LogP contribution in [0.5, 0.6) is 5.75 Å². The molecule has 2 unspecified atom stereocenters. The van der Waals surface area contributed by atoms with Gasteiger partial charge in [-0.3, -0.25) is 29.0 Å². The molecule has 47 heavy (non-hydrogen) atoms. The Hall–Kier alpha value is -4.92. The van der Waals surface area contributed by atoms with Crippen LogP contribution >= 0.6 is 0 Å². The van der Waals surface area contributed by atoms with Gasteiger partial charge < -0.3 is 41.2 Å². The lowest BCUT2D eigenvalue weighted by molar-refractivity contribution is -0.192. The summed E-state index contributed by atoms with van der Waals surface area (Å²) < 4.78 is 37.2. The fourth-order valence-electron chi connectivity index (χ4n) is 5.27. The molecule has 0 radical (unpaired) electrons. The molecule has 3 aliphatic rings. The zero-order valence-corrected chi connectivity index (χ0v) is 24.9. The van der Waals surface area contributed by atoms with E-state index in [1.807, 2.05) is 0 Å². The number of carbonyl (C=O) groups excluding carboxylic acids is 5. The molecule has 2 saturated heterocycles. The standard InChI is InChI=1S/C24H31BN6O9.C2HF3O2/c1-2-30-8-9-31(22(35)21(30)34)24(38)28-18(14-6-7-29(11-14)12-17(26)32)20(33)27-16-10-13-4-3-5-15(23(36)37)19(13)40-25(16)39;3-2(4,5)1(6)7/h3-5,14,16,18,39H,2,6-12H2,1H3,(H2,26,32)(H,27,33)(H,28,38)(H,36,37);(H,6,7)/t14?,16-,18?;/m0./s1. The van der Waals surface area contributed by atoms with E-state index < -0.39 is 72.8 Å². The van der Waals surface area contributed by atoms with Crippen molar-refractivity contribution >= 4 is 48.7 Å². The van der Waals surface area contributed by atoms with Crippen LogP contribution in [0.3, 0.4) is 0 Å². The van der Waals surface area contributed by atoms with Gasteiger partial charge in [0.25, 0.3) is 0 Å². The molecule has 3 aliphatic heterocycles. The maximum Gasteiger partial charge on any atom is 0.547 e. The number of para-hydroxylation sites is 1. The summed E-state index contributed by atoms with van der Waals surface area (Å²) in [7, 11) is -1.58. The number of likely N-dealkylation sites (tertiary alicyclic amines) is 1. The number of imide groups is 1. The number of alkyl halides is 3. The molecule has 0 saturated carbocycles. The van der Waals surface area contributed by atoms with Crippen molar-refractivity contribution in [3.05, 3.63) is 29.3 Å². The molecular weight excluding hydrogens is 640 g/mol. The maximum atomic E-state index is 13.5. The number of hydrogen-bond acceptors (Lipinski definition) is 10. The van der Waals surface area contributed by atoms with Gasteiger partial charge in [0.1, 0.15) is 11.8 Å². The molecule has 0 bridgehead atoms. The van der Waals surface area contributed by atoms with Crippen LogP contribution in [0.15, 0.2) is 18.2 Å². The SMILES string of the molecule is CCN1CCN(C(=O)NC(C(=O)N[C@H]2Cc3cccc(C(=O)O)c3OB2O)C2CCN(CC(N)=O)C2)C(=O)C1=O.O=C(O)C(F)(F)F. The third-order valence-electron chi connectivity index (χ3n) is 7.58. The highest BCUT2D eigenvalue weighted by Gasteiger charge is 2.43. The van der Waals surface area contributed by atoms with E-state index in [0.29, 0.717) is 25.1 Å². The second kappa shape index (κ2) is 15.1. The summed E-state index contributed by atoms with van der Waals surface area (Å²) in [5, 5.41) is 32.4. The number of nitrogens with one attached hydrogen (secondary N) is 2. The second-order valence-corrected chi connectivity index (χ2v) is 10.7. The summed E-state index contributed by atoms with van der Waals surface area (Å²) in [5.41, 5.74) is 5.63. The minimum atomic E-state index is -5.08. The Bertz CT molecular complexity index is 1430. The van der Waals surface area contributed by atoms with Gasteiger partial charge >= 0.3 is 43.1 Å². The van der Waals surface area contributed by atoms with Crippen molar-refractivity contribution in [2.75, 3.05) is 39.3 Å². The molecule has 0 aliphatic carbocycles. The predicted molar refractivity (Wildman–Crippen MR) is 151 cm³/mol. The third-order valence-corrected chi connectivity index (χ3v) is 7.58. The van der Waals surface area contributed by atoms with Crippen molar-refractivity contribution < 1.29 is 66.6 Å². The number of nitrogens with zero attached hydrogens (tertiary/aromatic N) is 3. The highest BCUT2D eigenvalue weighted by atomic mass is 19.4. The third kappa shape index (κ3) is 9.09. The molecule has 0 spiro atoms. The summed E-state index contributed by atoms with van der Waals surface area (Å²) in [4.78, 5) is 87.2. The smallest absolute Gasteiger partial charge is 0.534 e. The van der Waals surface area contributed by atoms with Crippen LogP contribution < -0.4 is 21.0 Å². The number of carbonyl (C=O) groups is 7. The number of aliphatic carboxylic acids is 1. The Morgan fingerprint density at radius 1 is 1.11 bits per heavy atom. The molecule has 3 atom stereocenters. The molecule has 256 valence electrons. The first-order valence-corrected chi connectivity index (χ1v) is 14.2. The van der Waals surface area contributed by atoms with Gasteiger partial charge in [-0.1, -0.05) is 12.1 Å². The summed E-state index contributed by atoms with van der Waals surface area (Å²) in [6, 6.07) is 2.36. The van der Waals surface area contributed by atoms with Gasteiger partial charge in [-0.25, -0.2) is 14.4 Å². The largest absolute Gasteiger partial charge is 0.547 e. The van der Waals surface area contributed by atoms with E-state index in [9.17, 15) is 52.1 Å². The average Bonchev–Trinajstić information content (AvgIpc) is 3.44. The van der Waals surface area contributed by atoms with Crippen molar-refractivity contribution in [3.63, 3.8) is 0 Å². The predicted octanol–water partition coefficient (Wildman–Crippen LogP) is -1.97. The van der Waals surface area contributed by atoms with Crippen LogP contribution in [0.25, 0.3) is 0 Å². The van der Waals surface area contributed by atoms with Gasteiger partial charge in [0.05, 0.1) is 18.0 Å². The van der Waals surface area contributed by atoms with Gasteiger partial charge in [-0.2, -0.15) is 13.2 Å². The van der Waals surface area contributed by atoms with Crippen molar-refractivity contribution in [1.82, 2.24) is 25.3 Å². The molecule has 4 rings (SSSR count). The Morgan fingerprint density at radius 3 is 2.34 bits per heavy atom. The van der Waals surface area contributed by atoms with Crippen LogP contribution in [0, 0.1) is 5.92 Å². The Balaban J connectivity index is 0.000000771. The molecule has 0 aromatic heterocycles. The molecule has 21 heteroatoms. The zero-order valence-electron chi connectivity index (χ0n) is 24.9. The first-order valence-electron chi connectivity index (χ1n) is 14.2. The van der Waals surface area contributed by atoms with Gasteiger partial charge in [-0.15, -0.1) is 0 Å². The molecule has 6 amide bonds. The number of nitrogens with two attached hydrogens (primary N) is 1. The van der Waals surface area contributed by atoms with Crippen LogP contribution in [-0.4, -0.2) is 136 Å². The van der Waals surface area contributed by atoms with E-state index in [2.05, 4.69) is 10.6 Å². The molecule has 1 aromatic carbocycles. The average molecular weight is 672 g/mol. The zero-order chi connectivity index (χ0) is 35.2. The molecule has 2 fully saturated rings. The lowest BCUT2D eigenvalue weighted by Gasteiger charge is -2.34. The molecular formula is C26H32BF3N6O11. The van der Waals surface area contributed by atoms with Crippen molar-refractivity contribution in [3.8, 4) is 5.75 Å². The number of carboxylic acids is 2. The number of likely N-dealkylation sites (N-methyl/N-ethyl adjacent to an activating group) is 1. The van der Waals surface area contributed by atoms with Crippen molar-refractivity contribution in [1.29, 1.82) is 0 Å². The number of halogens is 3. The molecule has 1 aromatic rings. The normalized spacial score (nSPS) is 20.3. The number of rotatable bonds is 8. The number of hydrogen-bond donors (Lipinski definition) is 6. The Labute approximate surface area is 264 Å². The number of piperazine rings is 1. The number of amides is 6. The summed E-state index contributed by atoms with van der Waals surface area (Å²) in [5.74, 6) is -8.52. The highest BCUT2D eigenvalue weighted by molar-refractivity contribution is 6.47. The van der Waals surface area contributed by atoms with E-state index in [1.54, 1.807) is 17.9 Å². The number of carboxylic acid groups (broad SMARTS) is 2. The summed E-state index contributed by atoms with van der Waals surface area (Å²) >= 11 is 0. The number of primary amides is 1.